The third-order valence-corrected chi connectivity index (χ3v) is 3.70. The van der Waals surface area contributed by atoms with E-state index < -0.39 is 0 Å². The largest absolute Gasteiger partial charge is 0.369 e. The lowest BCUT2D eigenvalue weighted by molar-refractivity contribution is 0.797. The average Bonchev–Trinajstić information content (AvgIpc) is 2.87. The summed E-state index contributed by atoms with van der Waals surface area (Å²) in [7, 11) is 0. The van der Waals surface area contributed by atoms with E-state index in [-0.39, 0.29) is 0 Å². The van der Waals surface area contributed by atoms with Crippen molar-refractivity contribution in [2.24, 2.45) is 0 Å². The zero-order valence-corrected chi connectivity index (χ0v) is 12.1. The number of anilines is 2. The molecule has 2 aromatic rings. The molecule has 104 valence electrons. The molecule has 2 heterocycles. The highest BCUT2D eigenvalue weighted by Gasteiger charge is 2.23. The van der Waals surface area contributed by atoms with Gasteiger partial charge >= 0.3 is 0 Å². The molecule has 1 saturated heterocycles. The Morgan fingerprint density at radius 3 is 3.05 bits per heavy atom. The molecule has 20 heavy (non-hydrogen) atoms. The first kappa shape index (κ1) is 13.2. The second-order valence-corrected chi connectivity index (χ2v) is 5.54. The minimum atomic E-state index is 0.394. The van der Waals surface area contributed by atoms with E-state index in [2.05, 4.69) is 26.3 Å². The van der Waals surface area contributed by atoms with Crippen molar-refractivity contribution < 1.29 is 0 Å². The molecule has 3 rings (SSSR count). The summed E-state index contributed by atoms with van der Waals surface area (Å²) < 4.78 is 0. The van der Waals surface area contributed by atoms with Crippen LogP contribution in [0.2, 0.25) is 5.02 Å². The van der Waals surface area contributed by atoms with Gasteiger partial charge in [0.05, 0.1) is 11.9 Å². The SMILES string of the molecule is Cc1cncc(NC2CCN(c3cccc(Cl)c3)C2)n1. The average molecular weight is 289 g/mol. The van der Waals surface area contributed by atoms with Crippen molar-refractivity contribution in [2.75, 3.05) is 23.3 Å². The number of benzene rings is 1. The van der Waals surface area contributed by atoms with Gasteiger partial charge in [-0.05, 0) is 31.5 Å². The van der Waals surface area contributed by atoms with Gasteiger partial charge in [-0.2, -0.15) is 0 Å². The van der Waals surface area contributed by atoms with Crippen LogP contribution in [0.4, 0.5) is 11.5 Å². The van der Waals surface area contributed by atoms with E-state index in [4.69, 9.17) is 11.6 Å². The Labute approximate surface area is 123 Å². The van der Waals surface area contributed by atoms with Crippen LogP contribution in [-0.4, -0.2) is 29.1 Å². The fourth-order valence-electron chi connectivity index (χ4n) is 2.53. The molecule has 4 nitrogen and oxygen atoms in total. The molecule has 1 fully saturated rings. The number of nitrogens with one attached hydrogen (secondary N) is 1. The smallest absolute Gasteiger partial charge is 0.145 e. The summed E-state index contributed by atoms with van der Waals surface area (Å²) in [5, 5.41) is 4.23. The number of halogens is 1. The first-order chi connectivity index (χ1) is 9.70. The van der Waals surface area contributed by atoms with Crippen LogP contribution in [0.3, 0.4) is 0 Å². The van der Waals surface area contributed by atoms with Crippen LogP contribution in [0.5, 0.6) is 0 Å². The lowest BCUT2D eigenvalue weighted by Crippen LogP contribution is -2.26. The Morgan fingerprint density at radius 1 is 1.35 bits per heavy atom. The van der Waals surface area contributed by atoms with Crippen LogP contribution in [0.1, 0.15) is 12.1 Å². The standard InChI is InChI=1S/C15H17ClN4/c1-11-8-17-9-15(18-11)19-13-5-6-20(10-13)14-4-2-3-12(16)7-14/h2-4,7-9,13H,5-6,10H2,1H3,(H,18,19). The summed E-state index contributed by atoms with van der Waals surface area (Å²) in [5.74, 6) is 0.850. The Hall–Kier alpha value is -1.81. The highest BCUT2D eigenvalue weighted by molar-refractivity contribution is 6.30. The van der Waals surface area contributed by atoms with E-state index in [9.17, 15) is 0 Å². The molecule has 1 unspecified atom stereocenters. The van der Waals surface area contributed by atoms with Crippen LogP contribution < -0.4 is 10.2 Å². The molecule has 1 aliphatic rings. The van der Waals surface area contributed by atoms with Gasteiger partial charge in [0, 0.05) is 36.0 Å². The van der Waals surface area contributed by atoms with E-state index in [1.165, 1.54) is 5.69 Å². The van der Waals surface area contributed by atoms with Crippen molar-refractivity contribution in [1.29, 1.82) is 0 Å². The number of aromatic nitrogens is 2. The van der Waals surface area contributed by atoms with Crippen molar-refractivity contribution >= 4 is 23.1 Å². The molecule has 0 amide bonds. The first-order valence-corrected chi connectivity index (χ1v) is 7.14. The molecule has 1 aromatic carbocycles. The van der Waals surface area contributed by atoms with Gasteiger partial charge in [0.2, 0.25) is 0 Å². The van der Waals surface area contributed by atoms with Gasteiger partial charge in [-0.15, -0.1) is 0 Å². The van der Waals surface area contributed by atoms with E-state index in [0.29, 0.717) is 6.04 Å². The fourth-order valence-corrected chi connectivity index (χ4v) is 2.71. The molecule has 0 saturated carbocycles. The number of nitrogens with zero attached hydrogens (tertiary/aromatic N) is 3. The Bertz CT molecular complexity index is 602. The molecular weight excluding hydrogens is 272 g/mol. The molecule has 1 aromatic heterocycles. The third kappa shape index (κ3) is 3.02. The topological polar surface area (TPSA) is 41.1 Å². The van der Waals surface area contributed by atoms with Crippen LogP contribution >= 0.6 is 11.6 Å². The van der Waals surface area contributed by atoms with Crippen molar-refractivity contribution in [2.45, 2.75) is 19.4 Å². The van der Waals surface area contributed by atoms with E-state index in [1.54, 1.807) is 12.4 Å². The molecule has 1 atom stereocenters. The van der Waals surface area contributed by atoms with Crippen LogP contribution in [0.15, 0.2) is 36.7 Å². The molecule has 0 aliphatic carbocycles. The van der Waals surface area contributed by atoms with Crippen LogP contribution in [0, 0.1) is 6.92 Å². The van der Waals surface area contributed by atoms with Gasteiger partial charge < -0.3 is 10.2 Å². The van der Waals surface area contributed by atoms with E-state index in [0.717, 1.165) is 36.0 Å². The number of hydrogen-bond acceptors (Lipinski definition) is 4. The maximum atomic E-state index is 6.05. The summed E-state index contributed by atoms with van der Waals surface area (Å²) >= 11 is 6.05. The van der Waals surface area contributed by atoms with Gasteiger partial charge in [0.25, 0.3) is 0 Å². The van der Waals surface area contributed by atoms with Gasteiger partial charge in [-0.3, -0.25) is 4.98 Å². The molecule has 1 aliphatic heterocycles. The normalized spacial score (nSPS) is 18.3. The second kappa shape index (κ2) is 5.67. The predicted molar refractivity (Wildman–Crippen MR) is 82.5 cm³/mol. The quantitative estimate of drug-likeness (QED) is 0.942. The fraction of sp³-hybridized carbons (Fsp3) is 0.333. The molecular formula is C15H17ClN4. The van der Waals surface area contributed by atoms with E-state index in [1.807, 2.05) is 25.1 Å². The second-order valence-electron chi connectivity index (χ2n) is 5.10. The summed E-state index contributed by atoms with van der Waals surface area (Å²) in [6, 6.07) is 8.39. The molecule has 1 N–H and O–H groups in total. The van der Waals surface area contributed by atoms with Crippen molar-refractivity contribution in [3.8, 4) is 0 Å². The summed E-state index contributed by atoms with van der Waals surface area (Å²) in [6.45, 7) is 3.93. The van der Waals surface area contributed by atoms with Crippen molar-refractivity contribution in [3.05, 3.63) is 47.4 Å². The zero-order valence-electron chi connectivity index (χ0n) is 11.4. The number of aryl methyl sites for hydroxylation is 1. The maximum absolute atomic E-state index is 6.05. The van der Waals surface area contributed by atoms with Gasteiger partial charge in [0.15, 0.2) is 0 Å². The Morgan fingerprint density at radius 2 is 2.25 bits per heavy atom. The summed E-state index contributed by atoms with van der Waals surface area (Å²) in [5.41, 5.74) is 2.11. The minimum Gasteiger partial charge on any atom is -0.369 e. The maximum Gasteiger partial charge on any atom is 0.145 e. The summed E-state index contributed by atoms with van der Waals surface area (Å²) in [4.78, 5) is 10.9. The lowest BCUT2D eigenvalue weighted by atomic mass is 10.2. The molecule has 0 bridgehead atoms. The van der Waals surface area contributed by atoms with Crippen LogP contribution in [0.25, 0.3) is 0 Å². The minimum absolute atomic E-state index is 0.394. The molecule has 0 spiro atoms. The van der Waals surface area contributed by atoms with Gasteiger partial charge in [0.1, 0.15) is 5.82 Å². The zero-order chi connectivity index (χ0) is 13.9. The monoisotopic (exact) mass is 288 g/mol. The van der Waals surface area contributed by atoms with E-state index >= 15 is 0 Å². The van der Waals surface area contributed by atoms with Crippen molar-refractivity contribution in [3.63, 3.8) is 0 Å². The number of rotatable bonds is 3. The highest BCUT2D eigenvalue weighted by atomic mass is 35.5. The Balaban J connectivity index is 1.65. The van der Waals surface area contributed by atoms with Gasteiger partial charge in [-0.25, -0.2) is 4.98 Å². The molecule has 0 radical (unpaired) electrons. The van der Waals surface area contributed by atoms with Crippen LogP contribution in [-0.2, 0) is 0 Å². The Kier molecular flexibility index (Phi) is 3.74. The number of hydrogen-bond donors (Lipinski definition) is 1. The first-order valence-electron chi connectivity index (χ1n) is 6.76. The highest BCUT2D eigenvalue weighted by Crippen LogP contribution is 2.24. The predicted octanol–water partition coefficient (Wildman–Crippen LogP) is 3.13. The summed E-state index contributed by atoms with van der Waals surface area (Å²) in [6.07, 6.45) is 4.62. The van der Waals surface area contributed by atoms with Crippen molar-refractivity contribution in [1.82, 2.24) is 9.97 Å². The molecule has 5 heteroatoms. The lowest BCUT2D eigenvalue weighted by Gasteiger charge is -2.19. The van der Waals surface area contributed by atoms with Gasteiger partial charge in [-0.1, -0.05) is 17.7 Å². The third-order valence-electron chi connectivity index (χ3n) is 3.47.